The van der Waals surface area contributed by atoms with Crippen LogP contribution in [0.25, 0.3) is 33.2 Å². The Morgan fingerprint density at radius 1 is 0.750 bits per heavy atom. The van der Waals surface area contributed by atoms with Gasteiger partial charge in [-0.1, -0.05) is 60.7 Å². The molecule has 0 spiro atoms. The molecule has 1 aliphatic carbocycles. The molecule has 3 aromatic carbocycles. The molecule has 1 aliphatic rings. The topological polar surface area (TPSA) is 38.9 Å². The van der Waals surface area contributed by atoms with Gasteiger partial charge in [-0.25, -0.2) is 0 Å². The van der Waals surface area contributed by atoms with Crippen LogP contribution in [-0.2, 0) is 0 Å². The number of fused-ring (bicyclic) bond motifs is 4. The number of nitrogens with zero attached hydrogens (tertiary/aromatic N) is 1. The van der Waals surface area contributed by atoms with Crippen LogP contribution in [0.4, 0.5) is 0 Å². The van der Waals surface area contributed by atoms with E-state index in [0.717, 1.165) is 16.5 Å². The summed E-state index contributed by atoms with van der Waals surface area (Å²) in [7, 11) is 0. The lowest BCUT2D eigenvalue weighted by Gasteiger charge is -2.11. The average molecular weight is 308 g/mol. The van der Waals surface area contributed by atoms with Crippen LogP contribution in [0.2, 0.25) is 0 Å². The fraction of sp³-hybridized carbons (Fsp3) is 0.0455. The largest absolute Gasteiger partial charge is 0.320 e. The minimum atomic E-state index is -0.0513. The number of nitrogens with two attached hydrogens (primary N) is 1. The second kappa shape index (κ2) is 5.02. The Kier molecular flexibility index (Phi) is 2.81. The van der Waals surface area contributed by atoms with Crippen molar-refractivity contribution in [3.63, 3.8) is 0 Å². The van der Waals surface area contributed by atoms with E-state index in [-0.39, 0.29) is 6.04 Å². The Balaban J connectivity index is 1.79. The van der Waals surface area contributed by atoms with Gasteiger partial charge in [0, 0.05) is 17.1 Å². The number of rotatable bonds is 1. The maximum atomic E-state index is 6.48. The number of para-hydroxylation sites is 1. The molecule has 2 heteroatoms. The molecule has 0 amide bonds. The van der Waals surface area contributed by atoms with Crippen LogP contribution >= 0.6 is 0 Å². The van der Waals surface area contributed by atoms with Gasteiger partial charge in [-0.2, -0.15) is 0 Å². The monoisotopic (exact) mass is 308 g/mol. The van der Waals surface area contributed by atoms with Crippen LogP contribution in [0.5, 0.6) is 0 Å². The van der Waals surface area contributed by atoms with E-state index in [0.29, 0.717) is 0 Å². The zero-order valence-corrected chi connectivity index (χ0v) is 13.1. The number of benzene rings is 3. The van der Waals surface area contributed by atoms with E-state index in [1.807, 2.05) is 18.3 Å². The minimum Gasteiger partial charge on any atom is -0.320 e. The maximum Gasteiger partial charge on any atom is 0.0702 e. The van der Waals surface area contributed by atoms with E-state index in [4.69, 9.17) is 5.73 Å². The molecule has 0 saturated carbocycles. The van der Waals surface area contributed by atoms with E-state index >= 15 is 0 Å². The molecule has 1 aromatic heterocycles. The van der Waals surface area contributed by atoms with E-state index in [1.165, 1.54) is 27.8 Å². The third-order valence-corrected chi connectivity index (χ3v) is 4.90. The summed E-state index contributed by atoms with van der Waals surface area (Å²) < 4.78 is 0. The zero-order valence-electron chi connectivity index (χ0n) is 13.1. The van der Waals surface area contributed by atoms with Crippen molar-refractivity contribution in [2.45, 2.75) is 6.04 Å². The van der Waals surface area contributed by atoms with E-state index in [2.05, 4.69) is 65.6 Å². The Bertz CT molecular complexity index is 1080. The molecule has 114 valence electrons. The summed E-state index contributed by atoms with van der Waals surface area (Å²) in [6.45, 7) is 0. The van der Waals surface area contributed by atoms with Gasteiger partial charge in [-0.15, -0.1) is 0 Å². The predicted octanol–water partition coefficient (Wildman–Crippen LogP) is 4.93. The molecule has 5 rings (SSSR count). The average Bonchev–Trinajstić information content (AvgIpc) is 2.95. The zero-order chi connectivity index (χ0) is 16.1. The van der Waals surface area contributed by atoms with Crippen molar-refractivity contribution in [2.75, 3.05) is 0 Å². The second-order valence-corrected chi connectivity index (χ2v) is 6.25. The molecule has 0 fully saturated rings. The SMILES string of the molecule is N[C@@H]1c2ccccc2-c2c(-c3cnc4ccccc4c3)cccc21. The van der Waals surface area contributed by atoms with Gasteiger partial charge in [0.05, 0.1) is 11.6 Å². The van der Waals surface area contributed by atoms with Crippen LogP contribution in [0.3, 0.4) is 0 Å². The highest BCUT2D eigenvalue weighted by atomic mass is 14.7. The molecule has 0 aliphatic heterocycles. The first-order valence-corrected chi connectivity index (χ1v) is 8.16. The third-order valence-electron chi connectivity index (χ3n) is 4.90. The van der Waals surface area contributed by atoms with E-state index < -0.39 is 0 Å². The molecule has 0 bridgehead atoms. The summed E-state index contributed by atoms with van der Waals surface area (Å²) in [4.78, 5) is 4.63. The molecule has 1 heterocycles. The first-order valence-electron chi connectivity index (χ1n) is 8.16. The van der Waals surface area contributed by atoms with Crippen LogP contribution < -0.4 is 5.73 Å². The third kappa shape index (κ3) is 1.84. The van der Waals surface area contributed by atoms with Gasteiger partial charge in [0.25, 0.3) is 0 Å². The fourth-order valence-electron chi connectivity index (χ4n) is 3.75. The molecular weight excluding hydrogens is 292 g/mol. The summed E-state index contributed by atoms with van der Waals surface area (Å²) in [5.41, 5.74) is 14.7. The van der Waals surface area contributed by atoms with Gasteiger partial charge >= 0.3 is 0 Å². The summed E-state index contributed by atoms with van der Waals surface area (Å²) in [5, 5.41) is 1.16. The molecule has 1 atom stereocenters. The lowest BCUT2D eigenvalue weighted by molar-refractivity contribution is 0.901. The van der Waals surface area contributed by atoms with Crippen molar-refractivity contribution in [2.24, 2.45) is 5.73 Å². The standard InChI is InChI=1S/C22H16N2/c23-22-18-8-3-2-7-17(18)21-16(9-5-10-19(21)22)15-12-14-6-1-4-11-20(14)24-13-15/h1-13,22H,23H2/t22-/m1/s1. The van der Waals surface area contributed by atoms with Gasteiger partial charge in [0.2, 0.25) is 0 Å². The number of aromatic nitrogens is 1. The summed E-state index contributed by atoms with van der Waals surface area (Å²) in [6.07, 6.45) is 1.96. The Hall–Kier alpha value is -2.97. The Morgan fingerprint density at radius 3 is 2.46 bits per heavy atom. The maximum absolute atomic E-state index is 6.48. The molecule has 2 nitrogen and oxygen atoms in total. The number of pyridine rings is 1. The summed E-state index contributed by atoms with van der Waals surface area (Å²) in [6, 6.07) is 25.2. The van der Waals surface area contributed by atoms with E-state index in [1.54, 1.807) is 0 Å². The van der Waals surface area contributed by atoms with Crippen LogP contribution in [0.15, 0.2) is 79.0 Å². The Labute approximate surface area is 140 Å². The molecule has 4 aromatic rings. The van der Waals surface area contributed by atoms with Gasteiger partial charge < -0.3 is 5.73 Å². The number of hydrogen-bond donors (Lipinski definition) is 1. The summed E-state index contributed by atoms with van der Waals surface area (Å²) >= 11 is 0. The molecule has 0 radical (unpaired) electrons. The first-order chi connectivity index (χ1) is 11.8. The van der Waals surface area contributed by atoms with Crippen molar-refractivity contribution in [3.05, 3.63) is 90.1 Å². The summed E-state index contributed by atoms with van der Waals surface area (Å²) in [5.74, 6) is 0. The molecule has 0 saturated heterocycles. The highest BCUT2D eigenvalue weighted by Crippen LogP contribution is 2.46. The van der Waals surface area contributed by atoms with Crippen molar-refractivity contribution < 1.29 is 0 Å². The molecule has 24 heavy (non-hydrogen) atoms. The van der Waals surface area contributed by atoms with Crippen molar-refractivity contribution in [1.82, 2.24) is 4.98 Å². The normalized spacial score (nSPS) is 15.3. The smallest absolute Gasteiger partial charge is 0.0702 e. The van der Waals surface area contributed by atoms with Crippen LogP contribution in [-0.4, -0.2) is 4.98 Å². The van der Waals surface area contributed by atoms with Crippen molar-refractivity contribution in [1.29, 1.82) is 0 Å². The van der Waals surface area contributed by atoms with Crippen molar-refractivity contribution >= 4 is 10.9 Å². The highest BCUT2D eigenvalue weighted by molar-refractivity contribution is 5.93. The van der Waals surface area contributed by atoms with E-state index in [9.17, 15) is 0 Å². The van der Waals surface area contributed by atoms with Crippen LogP contribution in [0.1, 0.15) is 17.2 Å². The quantitative estimate of drug-likeness (QED) is 0.541. The van der Waals surface area contributed by atoms with Gasteiger partial charge in [0.1, 0.15) is 0 Å². The fourth-order valence-corrected chi connectivity index (χ4v) is 3.75. The molecule has 0 unspecified atom stereocenters. The Morgan fingerprint density at radius 2 is 1.50 bits per heavy atom. The lowest BCUT2D eigenvalue weighted by Crippen LogP contribution is -2.07. The second-order valence-electron chi connectivity index (χ2n) is 6.25. The molecular formula is C22H16N2. The first kappa shape index (κ1) is 13.5. The van der Waals surface area contributed by atoms with Gasteiger partial charge in [0.15, 0.2) is 0 Å². The van der Waals surface area contributed by atoms with Crippen molar-refractivity contribution in [3.8, 4) is 22.3 Å². The van der Waals surface area contributed by atoms with Crippen LogP contribution in [0, 0.1) is 0 Å². The van der Waals surface area contributed by atoms with Gasteiger partial charge in [-0.05, 0) is 39.9 Å². The lowest BCUT2D eigenvalue weighted by atomic mass is 9.94. The minimum absolute atomic E-state index is 0.0513. The number of hydrogen-bond acceptors (Lipinski definition) is 2. The molecule has 2 N–H and O–H groups in total. The van der Waals surface area contributed by atoms with Gasteiger partial charge in [-0.3, -0.25) is 4.98 Å². The highest BCUT2D eigenvalue weighted by Gasteiger charge is 2.27. The predicted molar refractivity (Wildman–Crippen MR) is 98.6 cm³/mol.